The highest BCUT2D eigenvalue weighted by molar-refractivity contribution is 5.81. The molecule has 4 aromatic rings. The smallest absolute Gasteiger partial charge is 0.408 e. The summed E-state index contributed by atoms with van der Waals surface area (Å²) in [4.78, 5) is 21.4. The average Bonchev–Trinajstić information content (AvgIpc) is 3.17. The molecule has 0 unspecified atom stereocenters. The Balaban J connectivity index is 1.74. The molecule has 8 nitrogen and oxygen atoms in total. The zero-order valence-electron chi connectivity index (χ0n) is 18.4. The first-order chi connectivity index (χ1) is 15.2. The van der Waals surface area contributed by atoms with Crippen LogP contribution in [0.15, 0.2) is 61.1 Å². The summed E-state index contributed by atoms with van der Waals surface area (Å²) in [6, 6.07) is 12.3. The van der Waals surface area contributed by atoms with Gasteiger partial charge in [-0.3, -0.25) is 9.67 Å². The molecule has 0 saturated heterocycles. The lowest BCUT2D eigenvalue weighted by atomic mass is 9.99. The van der Waals surface area contributed by atoms with Crippen LogP contribution in [0.3, 0.4) is 0 Å². The number of carbonyl (C=O) groups excluding carboxylic acids is 1. The fourth-order valence-electron chi connectivity index (χ4n) is 3.41. The number of aromatic hydroxyl groups is 1. The number of rotatable bonds is 4. The number of fused-ring (bicyclic) bond motifs is 1. The van der Waals surface area contributed by atoms with Crippen LogP contribution in [0.2, 0.25) is 0 Å². The fourth-order valence-corrected chi connectivity index (χ4v) is 3.41. The maximum atomic E-state index is 12.5. The van der Waals surface area contributed by atoms with Crippen LogP contribution >= 0.6 is 0 Å². The van der Waals surface area contributed by atoms with Gasteiger partial charge in [0.15, 0.2) is 0 Å². The number of carbonyl (C=O) groups is 1. The predicted molar refractivity (Wildman–Crippen MR) is 121 cm³/mol. The van der Waals surface area contributed by atoms with E-state index in [-0.39, 0.29) is 5.88 Å². The van der Waals surface area contributed by atoms with E-state index in [0.29, 0.717) is 16.6 Å². The molecule has 8 heteroatoms. The van der Waals surface area contributed by atoms with Crippen molar-refractivity contribution < 1.29 is 14.6 Å². The SMILES string of the molecule is Cn1cc(-c2cnc3cc([C@H](NC(=O)OC(C)(C)C)c4ccccc4)c(O)nc3c2)cn1. The molecule has 1 aromatic carbocycles. The van der Waals surface area contributed by atoms with Crippen molar-refractivity contribution in [3.05, 3.63) is 72.2 Å². The first kappa shape index (κ1) is 21.3. The summed E-state index contributed by atoms with van der Waals surface area (Å²) in [6.45, 7) is 5.38. The highest BCUT2D eigenvalue weighted by Crippen LogP contribution is 2.32. The third-order valence-corrected chi connectivity index (χ3v) is 4.82. The fraction of sp³-hybridized carbons (Fsp3) is 0.250. The predicted octanol–water partition coefficient (Wildman–Crippen LogP) is 4.35. The molecule has 0 aliphatic heterocycles. The van der Waals surface area contributed by atoms with E-state index in [9.17, 15) is 9.90 Å². The van der Waals surface area contributed by atoms with E-state index in [2.05, 4.69) is 20.4 Å². The number of hydrogen-bond donors (Lipinski definition) is 2. The summed E-state index contributed by atoms with van der Waals surface area (Å²) >= 11 is 0. The van der Waals surface area contributed by atoms with Gasteiger partial charge in [0.2, 0.25) is 5.88 Å². The molecule has 4 rings (SSSR count). The van der Waals surface area contributed by atoms with Crippen LogP contribution in [0.25, 0.3) is 22.2 Å². The van der Waals surface area contributed by atoms with Crippen molar-refractivity contribution in [1.82, 2.24) is 25.1 Å². The van der Waals surface area contributed by atoms with Gasteiger partial charge < -0.3 is 15.2 Å². The molecule has 0 bridgehead atoms. The normalized spacial score (nSPS) is 12.5. The van der Waals surface area contributed by atoms with E-state index < -0.39 is 17.7 Å². The van der Waals surface area contributed by atoms with Crippen molar-refractivity contribution in [1.29, 1.82) is 0 Å². The van der Waals surface area contributed by atoms with Crippen LogP contribution in [-0.4, -0.2) is 36.5 Å². The first-order valence-electron chi connectivity index (χ1n) is 10.2. The molecular formula is C24H25N5O3. The van der Waals surface area contributed by atoms with Crippen LogP contribution in [0.1, 0.15) is 37.9 Å². The van der Waals surface area contributed by atoms with Gasteiger partial charge >= 0.3 is 6.09 Å². The molecule has 0 aliphatic rings. The summed E-state index contributed by atoms with van der Waals surface area (Å²) in [5.41, 5.74) is 3.43. The van der Waals surface area contributed by atoms with E-state index in [1.54, 1.807) is 43.9 Å². The Morgan fingerprint density at radius 2 is 1.84 bits per heavy atom. The second-order valence-electron chi connectivity index (χ2n) is 8.56. The van der Waals surface area contributed by atoms with Crippen molar-refractivity contribution in [2.45, 2.75) is 32.4 Å². The number of alkyl carbamates (subject to hydrolysis) is 1. The number of amides is 1. The van der Waals surface area contributed by atoms with E-state index >= 15 is 0 Å². The minimum Gasteiger partial charge on any atom is -0.493 e. The second-order valence-corrected chi connectivity index (χ2v) is 8.56. The van der Waals surface area contributed by atoms with E-state index in [0.717, 1.165) is 16.7 Å². The summed E-state index contributed by atoms with van der Waals surface area (Å²) in [5, 5.41) is 17.8. The summed E-state index contributed by atoms with van der Waals surface area (Å²) < 4.78 is 7.14. The summed E-state index contributed by atoms with van der Waals surface area (Å²) in [6.07, 6.45) is 4.77. The number of nitrogens with one attached hydrogen (secondary N) is 1. The number of benzene rings is 1. The number of pyridine rings is 2. The summed E-state index contributed by atoms with van der Waals surface area (Å²) in [5.74, 6) is -0.187. The number of hydrogen-bond acceptors (Lipinski definition) is 6. The van der Waals surface area contributed by atoms with E-state index in [1.165, 1.54) is 0 Å². The number of aromatic nitrogens is 4. The monoisotopic (exact) mass is 431 g/mol. The Morgan fingerprint density at radius 1 is 1.09 bits per heavy atom. The zero-order chi connectivity index (χ0) is 22.9. The molecule has 3 heterocycles. The highest BCUT2D eigenvalue weighted by Gasteiger charge is 2.25. The van der Waals surface area contributed by atoms with Crippen molar-refractivity contribution in [2.75, 3.05) is 0 Å². The van der Waals surface area contributed by atoms with Crippen LogP contribution in [0.4, 0.5) is 4.79 Å². The van der Waals surface area contributed by atoms with Gasteiger partial charge in [-0.25, -0.2) is 9.78 Å². The van der Waals surface area contributed by atoms with Gasteiger partial charge in [-0.15, -0.1) is 0 Å². The molecule has 0 radical (unpaired) electrons. The lowest BCUT2D eigenvalue weighted by Gasteiger charge is -2.24. The summed E-state index contributed by atoms with van der Waals surface area (Å²) in [7, 11) is 1.84. The van der Waals surface area contributed by atoms with Gasteiger partial charge in [0.1, 0.15) is 5.60 Å². The lowest BCUT2D eigenvalue weighted by molar-refractivity contribution is 0.0512. The Morgan fingerprint density at radius 3 is 2.50 bits per heavy atom. The van der Waals surface area contributed by atoms with Crippen molar-refractivity contribution in [3.63, 3.8) is 0 Å². The van der Waals surface area contributed by atoms with Crippen molar-refractivity contribution >= 4 is 17.1 Å². The molecule has 2 N–H and O–H groups in total. The Hall–Kier alpha value is -3.94. The third kappa shape index (κ3) is 4.69. The first-order valence-corrected chi connectivity index (χ1v) is 10.2. The molecule has 3 aromatic heterocycles. The lowest BCUT2D eigenvalue weighted by Crippen LogP contribution is -2.35. The zero-order valence-corrected chi connectivity index (χ0v) is 18.4. The molecule has 0 spiro atoms. The number of nitrogens with zero attached hydrogens (tertiary/aromatic N) is 4. The molecule has 32 heavy (non-hydrogen) atoms. The Kier molecular flexibility index (Phi) is 5.52. The molecule has 164 valence electrons. The largest absolute Gasteiger partial charge is 0.493 e. The number of ether oxygens (including phenoxy) is 1. The maximum absolute atomic E-state index is 12.5. The van der Waals surface area contributed by atoms with Crippen LogP contribution in [-0.2, 0) is 11.8 Å². The van der Waals surface area contributed by atoms with Crippen LogP contribution < -0.4 is 5.32 Å². The van der Waals surface area contributed by atoms with E-state index in [1.807, 2.05) is 49.6 Å². The van der Waals surface area contributed by atoms with Gasteiger partial charge in [-0.2, -0.15) is 5.10 Å². The quantitative estimate of drug-likeness (QED) is 0.498. The molecule has 0 saturated carbocycles. The minimum atomic E-state index is -0.664. The second kappa shape index (κ2) is 8.30. The van der Waals surface area contributed by atoms with Crippen molar-refractivity contribution in [2.24, 2.45) is 7.05 Å². The molecule has 1 atom stereocenters. The third-order valence-electron chi connectivity index (χ3n) is 4.82. The highest BCUT2D eigenvalue weighted by atomic mass is 16.6. The van der Waals surface area contributed by atoms with Crippen molar-refractivity contribution in [3.8, 4) is 17.0 Å². The maximum Gasteiger partial charge on any atom is 0.408 e. The topological polar surface area (TPSA) is 102 Å². The molecular weight excluding hydrogens is 406 g/mol. The van der Waals surface area contributed by atoms with E-state index in [4.69, 9.17) is 4.74 Å². The Bertz CT molecular complexity index is 1260. The van der Waals surface area contributed by atoms with Gasteiger partial charge in [0.25, 0.3) is 0 Å². The molecule has 1 amide bonds. The van der Waals surface area contributed by atoms with Gasteiger partial charge in [0, 0.05) is 36.1 Å². The average molecular weight is 431 g/mol. The van der Waals surface area contributed by atoms with Crippen LogP contribution in [0.5, 0.6) is 5.88 Å². The molecule has 0 aliphatic carbocycles. The van der Waals surface area contributed by atoms with Crippen LogP contribution in [0, 0.1) is 0 Å². The Labute approximate surface area is 185 Å². The van der Waals surface area contributed by atoms with Gasteiger partial charge in [-0.1, -0.05) is 30.3 Å². The van der Waals surface area contributed by atoms with Gasteiger partial charge in [0.05, 0.1) is 23.3 Å². The minimum absolute atomic E-state index is 0.187. The standard InChI is InChI=1S/C24H25N5O3/c1-24(2,3)32-23(31)28-21(15-8-6-5-7-9-15)18-11-19-20(27-22(18)30)10-16(12-25-19)17-13-26-29(4)14-17/h5-14,21H,1-4H3,(H,27,30)(H,28,31)/t21-/m1/s1. The molecule has 0 fully saturated rings. The van der Waals surface area contributed by atoms with Gasteiger partial charge in [-0.05, 0) is 38.5 Å². The number of aryl methyl sites for hydroxylation is 1.